The second-order valence-corrected chi connectivity index (χ2v) is 5.44. The van der Waals surface area contributed by atoms with Crippen molar-refractivity contribution < 1.29 is 4.39 Å². The average Bonchev–Trinajstić information content (AvgIpc) is 2.87. The number of fused-ring (bicyclic) bond motifs is 3. The highest BCUT2D eigenvalue weighted by molar-refractivity contribution is 5.78. The van der Waals surface area contributed by atoms with Crippen LogP contribution in [0.5, 0.6) is 0 Å². The first-order chi connectivity index (χ1) is 10.3. The molecular formula is C19H14FN. The lowest BCUT2D eigenvalue weighted by Crippen LogP contribution is -1.96. The van der Waals surface area contributed by atoms with Crippen LogP contribution in [0.2, 0.25) is 0 Å². The maximum Gasteiger partial charge on any atom is 0.213 e. The van der Waals surface area contributed by atoms with Gasteiger partial charge >= 0.3 is 0 Å². The number of nitrogens with zero attached hydrogens (tertiary/aromatic N) is 1. The summed E-state index contributed by atoms with van der Waals surface area (Å²) in [5.74, 6) is -0.414. The first-order valence-electron chi connectivity index (χ1n) is 7.11. The molecule has 0 saturated carbocycles. The zero-order valence-corrected chi connectivity index (χ0v) is 11.5. The fourth-order valence-corrected chi connectivity index (χ4v) is 3.16. The molecule has 0 radical (unpaired) electrons. The molecule has 2 heteroatoms. The molecule has 0 bridgehead atoms. The minimum absolute atomic E-state index is 0.414. The summed E-state index contributed by atoms with van der Waals surface area (Å²) in [7, 11) is 0. The van der Waals surface area contributed by atoms with E-state index in [0.29, 0.717) is 0 Å². The van der Waals surface area contributed by atoms with Gasteiger partial charge in [0, 0.05) is 6.20 Å². The van der Waals surface area contributed by atoms with Gasteiger partial charge in [-0.3, -0.25) is 0 Å². The van der Waals surface area contributed by atoms with Crippen LogP contribution in [-0.2, 0) is 12.8 Å². The fourth-order valence-electron chi connectivity index (χ4n) is 3.16. The third-order valence-corrected chi connectivity index (χ3v) is 4.13. The maximum atomic E-state index is 13.2. The van der Waals surface area contributed by atoms with Crippen molar-refractivity contribution in [1.29, 1.82) is 0 Å². The highest BCUT2D eigenvalue weighted by Gasteiger charge is 2.20. The third-order valence-electron chi connectivity index (χ3n) is 4.13. The van der Waals surface area contributed by atoms with E-state index in [1.165, 1.54) is 40.1 Å². The molecule has 0 aliphatic heterocycles. The molecule has 1 heterocycles. The molecule has 1 nitrogen and oxygen atoms in total. The van der Waals surface area contributed by atoms with Gasteiger partial charge in [0.2, 0.25) is 5.95 Å². The summed E-state index contributed by atoms with van der Waals surface area (Å²) >= 11 is 0. The molecule has 0 spiro atoms. The average molecular weight is 275 g/mol. The van der Waals surface area contributed by atoms with Gasteiger partial charge < -0.3 is 0 Å². The van der Waals surface area contributed by atoms with Crippen LogP contribution in [0.15, 0.2) is 60.8 Å². The van der Waals surface area contributed by atoms with E-state index in [2.05, 4.69) is 47.4 Å². The van der Waals surface area contributed by atoms with Crippen molar-refractivity contribution in [3.63, 3.8) is 0 Å². The number of hydrogen-bond acceptors (Lipinski definition) is 1. The lowest BCUT2D eigenvalue weighted by molar-refractivity contribution is 0.582. The van der Waals surface area contributed by atoms with Gasteiger partial charge in [0.1, 0.15) is 0 Å². The summed E-state index contributed by atoms with van der Waals surface area (Å²) in [6.45, 7) is 0. The van der Waals surface area contributed by atoms with Crippen molar-refractivity contribution in [2.24, 2.45) is 0 Å². The second-order valence-electron chi connectivity index (χ2n) is 5.44. The zero-order chi connectivity index (χ0) is 14.2. The Morgan fingerprint density at radius 2 is 1.81 bits per heavy atom. The molecule has 0 atom stereocenters. The molecule has 0 amide bonds. The standard InChI is InChI=1S/C19H14FN/c20-19-11-13(8-9-21-19)10-14-5-3-7-17-16-6-2-1-4-15(16)12-18(14)17/h1-9,11H,10,12H2. The zero-order valence-electron chi connectivity index (χ0n) is 11.5. The molecule has 0 saturated heterocycles. The molecule has 1 aliphatic carbocycles. The van der Waals surface area contributed by atoms with E-state index >= 15 is 0 Å². The molecule has 102 valence electrons. The van der Waals surface area contributed by atoms with E-state index in [4.69, 9.17) is 0 Å². The lowest BCUT2D eigenvalue weighted by Gasteiger charge is -2.08. The van der Waals surface area contributed by atoms with Crippen LogP contribution in [0, 0.1) is 5.95 Å². The summed E-state index contributed by atoms with van der Waals surface area (Å²) in [4.78, 5) is 3.62. The minimum atomic E-state index is -0.414. The molecule has 3 aromatic rings. The Morgan fingerprint density at radius 3 is 2.71 bits per heavy atom. The number of hydrogen-bond donors (Lipinski definition) is 0. The monoisotopic (exact) mass is 275 g/mol. The van der Waals surface area contributed by atoms with Crippen LogP contribution in [0.3, 0.4) is 0 Å². The molecule has 4 rings (SSSR count). The highest BCUT2D eigenvalue weighted by Crippen LogP contribution is 2.38. The summed E-state index contributed by atoms with van der Waals surface area (Å²) in [5, 5.41) is 0. The highest BCUT2D eigenvalue weighted by atomic mass is 19.1. The van der Waals surface area contributed by atoms with Gasteiger partial charge in [-0.1, -0.05) is 42.5 Å². The van der Waals surface area contributed by atoms with Crippen LogP contribution in [0.4, 0.5) is 4.39 Å². The van der Waals surface area contributed by atoms with Gasteiger partial charge in [0.05, 0.1) is 0 Å². The van der Waals surface area contributed by atoms with Crippen molar-refractivity contribution in [3.05, 3.63) is 89.0 Å². The molecule has 1 aromatic heterocycles. The van der Waals surface area contributed by atoms with Gasteiger partial charge in [-0.05, 0) is 58.4 Å². The van der Waals surface area contributed by atoms with Crippen molar-refractivity contribution in [1.82, 2.24) is 4.98 Å². The molecular weight excluding hydrogens is 261 g/mol. The Kier molecular flexibility index (Phi) is 2.81. The second kappa shape index (κ2) is 4.81. The minimum Gasteiger partial charge on any atom is -0.228 e. The molecule has 21 heavy (non-hydrogen) atoms. The SMILES string of the molecule is Fc1cc(Cc2cccc3c2Cc2ccccc2-3)ccn1. The van der Waals surface area contributed by atoms with Gasteiger partial charge in [-0.2, -0.15) is 4.39 Å². The number of halogens is 1. The van der Waals surface area contributed by atoms with E-state index in [0.717, 1.165) is 18.4 Å². The molecule has 2 aromatic carbocycles. The van der Waals surface area contributed by atoms with Crippen LogP contribution in [0.25, 0.3) is 11.1 Å². The largest absolute Gasteiger partial charge is 0.228 e. The van der Waals surface area contributed by atoms with Crippen molar-refractivity contribution in [3.8, 4) is 11.1 Å². The van der Waals surface area contributed by atoms with Crippen LogP contribution in [-0.4, -0.2) is 4.98 Å². The molecule has 0 unspecified atom stereocenters. The topological polar surface area (TPSA) is 12.9 Å². The van der Waals surface area contributed by atoms with Gasteiger partial charge in [0.25, 0.3) is 0 Å². The van der Waals surface area contributed by atoms with E-state index in [-0.39, 0.29) is 0 Å². The first-order valence-corrected chi connectivity index (χ1v) is 7.11. The number of aromatic nitrogens is 1. The van der Waals surface area contributed by atoms with E-state index < -0.39 is 5.95 Å². The predicted octanol–water partition coefficient (Wildman–Crippen LogP) is 4.38. The molecule has 0 fully saturated rings. The summed E-state index contributed by atoms with van der Waals surface area (Å²) < 4.78 is 13.2. The Bertz CT molecular complexity index is 823. The van der Waals surface area contributed by atoms with Gasteiger partial charge in [-0.25, -0.2) is 4.98 Å². The molecule has 1 aliphatic rings. The fraction of sp³-hybridized carbons (Fsp3) is 0.105. The number of pyridine rings is 1. The Morgan fingerprint density at radius 1 is 0.952 bits per heavy atom. The third kappa shape index (κ3) is 2.13. The summed E-state index contributed by atoms with van der Waals surface area (Å²) in [5.41, 5.74) is 7.63. The van der Waals surface area contributed by atoms with E-state index in [1.807, 2.05) is 6.07 Å². The molecule has 0 N–H and O–H groups in total. The number of benzene rings is 2. The lowest BCUT2D eigenvalue weighted by atomic mass is 9.96. The normalized spacial score (nSPS) is 12.0. The quantitative estimate of drug-likeness (QED) is 0.495. The Labute approximate surface area is 123 Å². The van der Waals surface area contributed by atoms with Crippen LogP contribution >= 0.6 is 0 Å². The van der Waals surface area contributed by atoms with Crippen LogP contribution in [0.1, 0.15) is 22.3 Å². The predicted molar refractivity (Wildman–Crippen MR) is 81.7 cm³/mol. The van der Waals surface area contributed by atoms with Crippen LogP contribution < -0.4 is 0 Å². The van der Waals surface area contributed by atoms with Gasteiger partial charge in [0.15, 0.2) is 0 Å². The van der Waals surface area contributed by atoms with Crippen molar-refractivity contribution in [2.45, 2.75) is 12.8 Å². The summed E-state index contributed by atoms with van der Waals surface area (Å²) in [6, 6.07) is 18.3. The Hall–Kier alpha value is -2.48. The number of rotatable bonds is 2. The van der Waals surface area contributed by atoms with Gasteiger partial charge in [-0.15, -0.1) is 0 Å². The smallest absolute Gasteiger partial charge is 0.213 e. The Balaban J connectivity index is 1.76. The van der Waals surface area contributed by atoms with Crippen molar-refractivity contribution in [2.75, 3.05) is 0 Å². The maximum absolute atomic E-state index is 13.2. The first kappa shape index (κ1) is 12.3. The summed E-state index contributed by atoms with van der Waals surface area (Å²) in [6.07, 6.45) is 3.24. The van der Waals surface area contributed by atoms with E-state index in [9.17, 15) is 4.39 Å². The van der Waals surface area contributed by atoms with Crippen molar-refractivity contribution >= 4 is 0 Å². The van der Waals surface area contributed by atoms with E-state index in [1.54, 1.807) is 0 Å².